The maximum Gasteiger partial charge on any atom is 0.332 e. The van der Waals surface area contributed by atoms with E-state index in [2.05, 4.69) is 0 Å². The van der Waals surface area contributed by atoms with Crippen LogP contribution in [-0.4, -0.2) is 32.5 Å². The molecule has 6 nitrogen and oxygen atoms in total. The van der Waals surface area contributed by atoms with Crippen molar-refractivity contribution in [1.29, 1.82) is 0 Å². The van der Waals surface area contributed by atoms with Crippen molar-refractivity contribution in [3.05, 3.63) is 71.8 Å². The van der Waals surface area contributed by atoms with Gasteiger partial charge in [-0.25, -0.2) is 5.06 Å². The second-order valence-electron chi connectivity index (χ2n) is 5.81. The molecule has 1 atom stereocenters. The van der Waals surface area contributed by atoms with Gasteiger partial charge in [-0.1, -0.05) is 60.7 Å². The highest BCUT2D eigenvalue weighted by molar-refractivity contribution is 7.52. The summed E-state index contributed by atoms with van der Waals surface area (Å²) in [7, 11) is -4.40. The Morgan fingerprint density at radius 3 is 2.12 bits per heavy atom. The molecule has 0 fully saturated rings. The fourth-order valence-corrected chi connectivity index (χ4v) is 3.62. The Morgan fingerprint density at radius 2 is 1.56 bits per heavy atom. The topological polar surface area (TPSA) is 98.1 Å². The summed E-state index contributed by atoms with van der Waals surface area (Å²) in [5.74, 6) is -0.551. The van der Waals surface area contributed by atoms with Gasteiger partial charge in [-0.2, -0.15) is 0 Å². The van der Waals surface area contributed by atoms with E-state index in [0.717, 1.165) is 5.56 Å². The molecule has 0 aliphatic rings. The van der Waals surface area contributed by atoms with Gasteiger partial charge in [0.05, 0.1) is 12.2 Å². The molecule has 0 spiro atoms. The Balaban J connectivity index is 1.91. The highest BCUT2D eigenvalue weighted by Crippen LogP contribution is 2.54. The Morgan fingerprint density at radius 1 is 1.00 bits per heavy atom. The number of nitrogens with zero attached hydrogens (tertiary/aromatic N) is 1. The molecule has 0 unspecified atom stereocenters. The predicted octanol–water partition coefficient (Wildman–Crippen LogP) is 3.15. The van der Waals surface area contributed by atoms with Gasteiger partial charge >= 0.3 is 7.60 Å². The molecule has 2 aromatic carbocycles. The first-order chi connectivity index (χ1) is 11.9. The first-order valence-corrected chi connectivity index (χ1v) is 9.69. The molecule has 1 amide bonds. The number of hydrogen-bond acceptors (Lipinski definition) is 3. The number of hydrogen-bond donors (Lipinski definition) is 3. The molecule has 0 aromatic heterocycles. The number of rotatable bonds is 8. The largest absolute Gasteiger partial charge is 0.332 e. The minimum atomic E-state index is -4.40. The van der Waals surface area contributed by atoms with E-state index in [1.807, 2.05) is 30.3 Å². The quantitative estimate of drug-likeness (QED) is 0.380. The van der Waals surface area contributed by atoms with Crippen molar-refractivity contribution in [2.75, 3.05) is 6.54 Å². The van der Waals surface area contributed by atoms with Crippen LogP contribution in [0.4, 0.5) is 0 Å². The summed E-state index contributed by atoms with van der Waals surface area (Å²) >= 11 is 0. The first kappa shape index (κ1) is 19.3. The summed E-state index contributed by atoms with van der Waals surface area (Å²) in [6.07, 6.45) is 0.329. The molecule has 0 aliphatic carbocycles. The Labute approximate surface area is 146 Å². The predicted molar refractivity (Wildman–Crippen MR) is 94.1 cm³/mol. The van der Waals surface area contributed by atoms with Crippen LogP contribution in [-0.2, 0) is 15.8 Å². The maximum absolute atomic E-state index is 12.0. The number of amides is 1. The fraction of sp³-hybridized carbons (Fsp3) is 0.278. The van der Waals surface area contributed by atoms with Crippen LogP contribution in [0.25, 0.3) is 0 Å². The van der Waals surface area contributed by atoms with Crippen molar-refractivity contribution >= 4 is 13.5 Å². The lowest BCUT2D eigenvalue weighted by Gasteiger charge is -2.20. The van der Waals surface area contributed by atoms with E-state index in [1.165, 1.54) is 0 Å². The third-order valence-corrected chi connectivity index (χ3v) is 5.33. The molecule has 134 valence electrons. The molecule has 7 heteroatoms. The van der Waals surface area contributed by atoms with Crippen molar-refractivity contribution in [3.63, 3.8) is 0 Å². The first-order valence-electron chi connectivity index (χ1n) is 8.01. The standard InChI is InChI=1S/C18H22NO5P/c20-18(19(21)14-13-15-7-3-1-4-8-15)12-11-17(25(22,23)24)16-9-5-2-6-10-16/h1-10,17,21H,11-14H2,(H2,22,23,24)/t17-/m0/s1. The van der Waals surface area contributed by atoms with E-state index >= 15 is 0 Å². The minimum Gasteiger partial charge on any atom is -0.324 e. The Bertz CT molecular complexity index is 717. The van der Waals surface area contributed by atoms with E-state index in [9.17, 15) is 24.4 Å². The SMILES string of the molecule is O=C(CC[C@@H](c1ccccc1)P(=O)(O)O)N(O)CCc1ccccc1. The third kappa shape index (κ3) is 6.11. The van der Waals surface area contributed by atoms with Crippen LogP contribution < -0.4 is 0 Å². The Hall–Kier alpha value is -1.98. The number of carbonyl (C=O) groups excluding carboxylic acids is 1. The Kier molecular flexibility index (Phi) is 6.91. The molecule has 2 rings (SSSR count). The van der Waals surface area contributed by atoms with Gasteiger partial charge in [-0.3, -0.25) is 14.6 Å². The van der Waals surface area contributed by atoms with Crippen molar-refractivity contribution in [2.24, 2.45) is 0 Å². The van der Waals surface area contributed by atoms with E-state index in [1.54, 1.807) is 30.3 Å². The molecule has 0 bridgehead atoms. The van der Waals surface area contributed by atoms with Crippen LogP contribution in [0.2, 0.25) is 0 Å². The van der Waals surface area contributed by atoms with Crippen LogP contribution in [0.5, 0.6) is 0 Å². The third-order valence-electron chi connectivity index (χ3n) is 3.96. The van der Waals surface area contributed by atoms with Gasteiger partial charge in [-0.15, -0.1) is 0 Å². The van der Waals surface area contributed by atoms with Gasteiger partial charge in [0.15, 0.2) is 0 Å². The molecular weight excluding hydrogens is 341 g/mol. The maximum atomic E-state index is 12.0. The van der Waals surface area contributed by atoms with E-state index in [4.69, 9.17) is 0 Å². The second kappa shape index (κ2) is 8.92. The zero-order valence-electron chi connectivity index (χ0n) is 13.7. The number of carbonyl (C=O) groups is 1. The number of benzene rings is 2. The molecule has 2 aromatic rings. The van der Waals surface area contributed by atoms with Gasteiger partial charge in [0.2, 0.25) is 5.91 Å². The monoisotopic (exact) mass is 363 g/mol. The summed E-state index contributed by atoms with van der Waals surface area (Å²) < 4.78 is 11.7. The van der Waals surface area contributed by atoms with Crippen molar-refractivity contribution in [2.45, 2.75) is 24.9 Å². The van der Waals surface area contributed by atoms with E-state index in [0.29, 0.717) is 17.0 Å². The summed E-state index contributed by atoms with van der Waals surface area (Å²) in [6, 6.07) is 17.8. The van der Waals surface area contributed by atoms with Gasteiger partial charge in [0.25, 0.3) is 0 Å². The second-order valence-corrected chi connectivity index (χ2v) is 7.61. The van der Waals surface area contributed by atoms with Crippen LogP contribution in [0.1, 0.15) is 29.6 Å². The molecule has 3 N–H and O–H groups in total. The highest BCUT2D eigenvalue weighted by atomic mass is 31.2. The lowest BCUT2D eigenvalue weighted by molar-refractivity contribution is -0.165. The molecule has 0 saturated carbocycles. The summed E-state index contributed by atoms with van der Waals surface area (Å²) in [4.78, 5) is 31.2. The molecule has 0 heterocycles. The van der Waals surface area contributed by atoms with Crippen molar-refractivity contribution < 1.29 is 24.4 Å². The van der Waals surface area contributed by atoms with Gasteiger partial charge in [0.1, 0.15) is 0 Å². The fourth-order valence-electron chi connectivity index (χ4n) is 2.60. The average Bonchev–Trinajstić information content (AvgIpc) is 2.60. The van der Waals surface area contributed by atoms with Crippen LogP contribution in [0.15, 0.2) is 60.7 Å². The summed E-state index contributed by atoms with van der Waals surface area (Å²) in [5.41, 5.74) is 0.421. The minimum absolute atomic E-state index is 0.0322. The molecular formula is C18H22NO5P. The van der Waals surface area contributed by atoms with Gasteiger partial charge < -0.3 is 9.79 Å². The van der Waals surface area contributed by atoms with Crippen molar-refractivity contribution in [1.82, 2.24) is 5.06 Å². The average molecular weight is 363 g/mol. The molecule has 25 heavy (non-hydrogen) atoms. The smallest absolute Gasteiger partial charge is 0.324 e. The van der Waals surface area contributed by atoms with Crippen LogP contribution in [0, 0.1) is 0 Å². The van der Waals surface area contributed by atoms with Gasteiger partial charge in [-0.05, 0) is 24.0 Å². The van der Waals surface area contributed by atoms with E-state index < -0.39 is 19.2 Å². The highest BCUT2D eigenvalue weighted by Gasteiger charge is 2.31. The van der Waals surface area contributed by atoms with Crippen molar-refractivity contribution in [3.8, 4) is 0 Å². The zero-order valence-corrected chi connectivity index (χ0v) is 14.6. The van der Waals surface area contributed by atoms with Crippen LogP contribution in [0.3, 0.4) is 0 Å². The lowest BCUT2D eigenvalue weighted by Crippen LogP contribution is -2.29. The van der Waals surface area contributed by atoms with Crippen LogP contribution >= 0.6 is 7.60 Å². The normalized spacial score (nSPS) is 12.6. The summed E-state index contributed by atoms with van der Waals surface area (Å²) in [6.45, 7) is 0.134. The number of hydroxylamine groups is 2. The zero-order chi connectivity index (χ0) is 18.3. The molecule has 0 radical (unpaired) electrons. The summed E-state index contributed by atoms with van der Waals surface area (Å²) in [5, 5.41) is 10.5. The van der Waals surface area contributed by atoms with E-state index in [-0.39, 0.29) is 19.4 Å². The lowest BCUT2D eigenvalue weighted by atomic mass is 10.1. The van der Waals surface area contributed by atoms with Gasteiger partial charge in [0, 0.05) is 6.42 Å². The molecule has 0 aliphatic heterocycles. The molecule has 0 saturated heterocycles.